The monoisotopic (exact) mass is 223 g/mol. The number of rotatable bonds is 5. The lowest BCUT2D eigenvalue weighted by atomic mass is 9.77. The van der Waals surface area contributed by atoms with Gasteiger partial charge in [-0.25, -0.2) is 0 Å². The molecule has 2 nitrogen and oxygen atoms in total. The Morgan fingerprint density at radius 3 is 1.94 bits per heavy atom. The summed E-state index contributed by atoms with van der Waals surface area (Å²) in [4.78, 5) is 0. The van der Waals surface area contributed by atoms with Gasteiger partial charge in [-0.05, 0) is 45.3 Å². The first-order valence-electron chi connectivity index (χ1n) is 6.09. The quantitative estimate of drug-likeness (QED) is 0.727. The summed E-state index contributed by atoms with van der Waals surface area (Å²) in [5.74, 6) is 0. The molecular weight excluding hydrogens is 198 g/mol. The van der Waals surface area contributed by atoms with E-state index in [2.05, 4.69) is 34.6 Å². The van der Waals surface area contributed by atoms with Crippen LogP contribution in [0.2, 0.25) is 0 Å². The van der Waals surface area contributed by atoms with E-state index in [-0.39, 0.29) is 5.41 Å². The maximum Gasteiger partial charge on any atom is 0.0588 e. The van der Waals surface area contributed by atoms with Crippen LogP contribution >= 0.6 is 0 Å². The predicted molar refractivity (Wildman–Crippen MR) is 69.3 cm³/mol. The van der Waals surface area contributed by atoms with Crippen LogP contribution in [0.1, 0.15) is 41.0 Å². The smallest absolute Gasteiger partial charge is 0.0588 e. The second kappa shape index (κ2) is 5.15. The highest BCUT2D eigenvalue weighted by Crippen LogP contribution is 2.48. The Labute approximate surface area is 99.6 Å². The van der Waals surface area contributed by atoms with Crippen molar-refractivity contribution in [3.05, 3.63) is 22.3 Å². The second-order valence-electron chi connectivity index (χ2n) is 4.98. The molecule has 0 saturated carbocycles. The van der Waals surface area contributed by atoms with Gasteiger partial charge in [0.2, 0.25) is 0 Å². The third kappa shape index (κ3) is 2.23. The maximum atomic E-state index is 5.51. The zero-order valence-electron chi connectivity index (χ0n) is 11.3. The Morgan fingerprint density at radius 2 is 1.50 bits per heavy atom. The number of hydrogen-bond donors (Lipinski definition) is 1. The molecule has 0 saturated heterocycles. The third-order valence-electron chi connectivity index (χ3n) is 4.35. The van der Waals surface area contributed by atoms with Crippen molar-refractivity contribution in [3.8, 4) is 0 Å². The highest BCUT2D eigenvalue weighted by atomic mass is 16.5. The van der Waals surface area contributed by atoms with E-state index < -0.39 is 0 Å². The number of allylic oxidation sites excluding steroid dienone is 4. The number of hydrogen-bond acceptors (Lipinski definition) is 2. The minimum absolute atomic E-state index is 0.197. The molecule has 92 valence electrons. The first kappa shape index (κ1) is 13.5. The van der Waals surface area contributed by atoms with E-state index in [1.165, 1.54) is 22.3 Å². The molecule has 2 heteroatoms. The molecule has 0 unspecified atom stereocenters. The topological polar surface area (TPSA) is 35.2 Å². The van der Waals surface area contributed by atoms with E-state index in [0.29, 0.717) is 13.2 Å². The summed E-state index contributed by atoms with van der Waals surface area (Å²) in [6.07, 6.45) is 1.05. The van der Waals surface area contributed by atoms with Gasteiger partial charge < -0.3 is 10.5 Å². The molecule has 0 aromatic rings. The zero-order valence-corrected chi connectivity index (χ0v) is 11.3. The van der Waals surface area contributed by atoms with Crippen molar-refractivity contribution in [2.75, 3.05) is 19.8 Å². The van der Waals surface area contributed by atoms with Gasteiger partial charge in [0, 0.05) is 18.6 Å². The normalized spacial score (nSPS) is 19.9. The van der Waals surface area contributed by atoms with Crippen LogP contribution in [0.4, 0.5) is 0 Å². The molecule has 0 amide bonds. The number of nitrogens with two attached hydrogens (primary N) is 1. The first-order valence-corrected chi connectivity index (χ1v) is 6.09. The van der Waals surface area contributed by atoms with Crippen molar-refractivity contribution < 1.29 is 4.74 Å². The lowest BCUT2D eigenvalue weighted by Crippen LogP contribution is -2.21. The third-order valence-corrected chi connectivity index (χ3v) is 4.35. The van der Waals surface area contributed by atoms with Gasteiger partial charge >= 0.3 is 0 Å². The molecule has 0 aromatic carbocycles. The van der Waals surface area contributed by atoms with Crippen LogP contribution in [0.5, 0.6) is 0 Å². The molecule has 1 aliphatic carbocycles. The molecule has 0 aliphatic heterocycles. The van der Waals surface area contributed by atoms with Gasteiger partial charge in [-0.15, -0.1) is 0 Å². The molecule has 1 aliphatic rings. The van der Waals surface area contributed by atoms with Gasteiger partial charge in [-0.1, -0.05) is 18.1 Å². The van der Waals surface area contributed by atoms with Crippen LogP contribution < -0.4 is 5.73 Å². The fourth-order valence-electron chi connectivity index (χ4n) is 2.51. The Balaban J connectivity index is 2.71. The highest BCUT2D eigenvalue weighted by molar-refractivity contribution is 5.49. The summed E-state index contributed by atoms with van der Waals surface area (Å²) in [6.45, 7) is 13.3. The van der Waals surface area contributed by atoms with E-state index in [9.17, 15) is 0 Å². The summed E-state index contributed by atoms with van der Waals surface area (Å²) in [5.41, 5.74) is 11.5. The fraction of sp³-hybridized carbons (Fsp3) is 0.714. The Bertz CT molecular complexity index is 302. The van der Waals surface area contributed by atoms with Crippen molar-refractivity contribution in [3.63, 3.8) is 0 Å². The lowest BCUT2D eigenvalue weighted by Gasteiger charge is -2.29. The van der Waals surface area contributed by atoms with Crippen molar-refractivity contribution in [1.82, 2.24) is 0 Å². The standard InChI is InChI=1S/C14H25NO/c1-10-11(2)13(4)14(5,12(10)3)6-8-16-9-7-15/h6-9,15H2,1-5H3. The molecule has 0 spiro atoms. The molecule has 1 rings (SSSR count). The van der Waals surface area contributed by atoms with E-state index in [1.807, 2.05) is 0 Å². The van der Waals surface area contributed by atoms with E-state index >= 15 is 0 Å². The molecule has 2 N–H and O–H groups in total. The van der Waals surface area contributed by atoms with Crippen molar-refractivity contribution in [2.24, 2.45) is 11.1 Å². The molecule has 0 bridgehead atoms. The summed E-state index contributed by atoms with van der Waals surface area (Å²) >= 11 is 0. The van der Waals surface area contributed by atoms with Gasteiger partial charge in [0.05, 0.1) is 6.61 Å². The Kier molecular flexibility index (Phi) is 4.34. The van der Waals surface area contributed by atoms with Crippen molar-refractivity contribution in [2.45, 2.75) is 41.0 Å². The number of ether oxygens (including phenoxy) is 1. The Hall–Kier alpha value is -0.600. The SMILES string of the molecule is CC1=C(C)C(C)(CCOCCN)C(C)=C1C. The van der Waals surface area contributed by atoms with Crippen molar-refractivity contribution >= 4 is 0 Å². The van der Waals surface area contributed by atoms with Crippen LogP contribution in [0.25, 0.3) is 0 Å². The summed E-state index contributed by atoms with van der Waals surface area (Å²) in [7, 11) is 0. The van der Waals surface area contributed by atoms with Gasteiger partial charge in [0.25, 0.3) is 0 Å². The molecule has 16 heavy (non-hydrogen) atoms. The molecule has 0 aromatic heterocycles. The average molecular weight is 223 g/mol. The minimum atomic E-state index is 0.197. The van der Waals surface area contributed by atoms with E-state index in [1.54, 1.807) is 0 Å². The van der Waals surface area contributed by atoms with E-state index in [0.717, 1.165) is 13.0 Å². The summed E-state index contributed by atoms with van der Waals surface area (Å²) in [5, 5.41) is 0. The molecule has 0 radical (unpaired) electrons. The largest absolute Gasteiger partial charge is 0.380 e. The summed E-state index contributed by atoms with van der Waals surface area (Å²) in [6, 6.07) is 0. The minimum Gasteiger partial charge on any atom is -0.380 e. The Morgan fingerprint density at radius 1 is 1.00 bits per heavy atom. The van der Waals surface area contributed by atoms with Crippen LogP contribution in [0.15, 0.2) is 22.3 Å². The zero-order chi connectivity index (χ0) is 12.3. The van der Waals surface area contributed by atoms with Crippen LogP contribution in [0.3, 0.4) is 0 Å². The van der Waals surface area contributed by atoms with Gasteiger partial charge in [0.1, 0.15) is 0 Å². The highest BCUT2D eigenvalue weighted by Gasteiger charge is 2.35. The lowest BCUT2D eigenvalue weighted by molar-refractivity contribution is 0.121. The van der Waals surface area contributed by atoms with Gasteiger partial charge in [0.15, 0.2) is 0 Å². The maximum absolute atomic E-state index is 5.51. The predicted octanol–water partition coefficient (Wildman–Crippen LogP) is 3.04. The van der Waals surface area contributed by atoms with Gasteiger partial charge in [-0.3, -0.25) is 0 Å². The second-order valence-corrected chi connectivity index (χ2v) is 4.98. The van der Waals surface area contributed by atoms with E-state index in [4.69, 9.17) is 10.5 Å². The van der Waals surface area contributed by atoms with Crippen molar-refractivity contribution in [1.29, 1.82) is 0 Å². The molecular formula is C14H25NO. The van der Waals surface area contributed by atoms with Crippen LogP contribution in [0, 0.1) is 5.41 Å². The van der Waals surface area contributed by atoms with Crippen LogP contribution in [-0.2, 0) is 4.74 Å². The summed E-state index contributed by atoms with van der Waals surface area (Å²) < 4.78 is 5.51. The molecule has 0 atom stereocenters. The van der Waals surface area contributed by atoms with Gasteiger partial charge in [-0.2, -0.15) is 0 Å². The average Bonchev–Trinajstić information content (AvgIpc) is 2.42. The fourth-order valence-corrected chi connectivity index (χ4v) is 2.51. The van der Waals surface area contributed by atoms with Crippen LogP contribution in [-0.4, -0.2) is 19.8 Å². The molecule has 0 fully saturated rings. The first-order chi connectivity index (χ1) is 7.45. The molecule has 0 heterocycles.